The Hall–Kier alpha value is -1.28. The van der Waals surface area contributed by atoms with Crippen LogP contribution in [0.4, 0.5) is 4.39 Å². The summed E-state index contributed by atoms with van der Waals surface area (Å²) in [5.74, 6) is -1.81. The van der Waals surface area contributed by atoms with Gasteiger partial charge in [0.2, 0.25) is 5.85 Å². The van der Waals surface area contributed by atoms with Gasteiger partial charge in [-0.25, -0.2) is 4.39 Å². The van der Waals surface area contributed by atoms with Gasteiger partial charge < -0.3 is 54.2 Å². The summed E-state index contributed by atoms with van der Waals surface area (Å²) in [6, 6.07) is 1.96. The molecular weight excluding hydrogens is 543 g/mol. The number of nitriles is 1. The Bertz CT molecular complexity index is 666. The standard InChI is InChI=1S/C28H53FN2O10/c1-4-12-35-18-25(33)22-39-23-26(34)21-38-15-8-17-40-27(2,29)9-5-16-41-28(3,31)10-6-13-36-19-24(32)20-37-14-7-11-30/h4,24-26,32-34H,1,5-10,12-23,31H2,2-3H3. The molecule has 0 saturated carbocycles. The Morgan fingerprint density at radius 3 is 1.83 bits per heavy atom. The zero-order valence-electron chi connectivity index (χ0n) is 24.8. The molecule has 0 aliphatic rings. The van der Waals surface area contributed by atoms with Crippen LogP contribution in [0, 0.1) is 11.3 Å². The highest BCUT2D eigenvalue weighted by atomic mass is 19.2. The second kappa shape index (κ2) is 25.2. The van der Waals surface area contributed by atoms with Crippen LogP contribution in [0.25, 0.3) is 0 Å². The Balaban J connectivity index is 3.75. The molecule has 0 spiro atoms. The summed E-state index contributed by atoms with van der Waals surface area (Å²) in [6.07, 6.45) is 1.65. The predicted molar refractivity (Wildman–Crippen MR) is 150 cm³/mol. The van der Waals surface area contributed by atoms with Crippen LogP contribution in [0.1, 0.15) is 52.4 Å². The topological polar surface area (TPSA) is 175 Å². The van der Waals surface area contributed by atoms with Crippen molar-refractivity contribution in [3.05, 3.63) is 12.7 Å². The summed E-state index contributed by atoms with van der Waals surface area (Å²) < 4.78 is 51.9. The van der Waals surface area contributed by atoms with Gasteiger partial charge in [0.25, 0.3) is 0 Å². The molecule has 5 atom stereocenters. The van der Waals surface area contributed by atoms with Gasteiger partial charge in [0, 0.05) is 26.2 Å². The van der Waals surface area contributed by atoms with E-state index in [-0.39, 0.29) is 72.3 Å². The molecule has 0 saturated heterocycles. The molecule has 0 aliphatic carbocycles. The molecule has 0 rings (SSSR count). The zero-order valence-corrected chi connectivity index (χ0v) is 24.8. The molecule has 12 nitrogen and oxygen atoms in total. The van der Waals surface area contributed by atoms with Gasteiger partial charge in [-0.3, -0.25) is 0 Å². The first-order valence-corrected chi connectivity index (χ1v) is 14.2. The van der Waals surface area contributed by atoms with E-state index < -0.39 is 29.9 Å². The molecule has 0 bridgehead atoms. The largest absolute Gasteiger partial charge is 0.388 e. The summed E-state index contributed by atoms with van der Waals surface area (Å²) in [6.45, 7) is 8.86. The molecule has 0 aromatic carbocycles. The van der Waals surface area contributed by atoms with Crippen LogP contribution in [0.3, 0.4) is 0 Å². The number of nitrogens with two attached hydrogens (primary N) is 1. The summed E-state index contributed by atoms with van der Waals surface area (Å²) >= 11 is 0. The molecule has 0 fully saturated rings. The SMILES string of the molecule is C=CCOCC(O)COCC(O)COCCCOC(C)(F)CCCOC(C)(N)CCCOCC(O)COCCC#N. The van der Waals surface area contributed by atoms with Crippen molar-refractivity contribution < 1.29 is 52.9 Å². The van der Waals surface area contributed by atoms with E-state index in [1.54, 1.807) is 13.0 Å². The maximum atomic E-state index is 14.6. The second-order valence-electron chi connectivity index (χ2n) is 10.1. The van der Waals surface area contributed by atoms with Crippen molar-refractivity contribution in [2.45, 2.75) is 82.3 Å². The van der Waals surface area contributed by atoms with Crippen LogP contribution >= 0.6 is 0 Å². The summed E-state index contributed by atoms with van der Waals surface area (Å²) in [5.41, 5.74) is 5.27. The molecule has 0 aromatic rings. The first kappa shape index (κ1) is 39.7. The van der Waals surface area contributed by atoms with Crippen LogP contribution < -0.4 is 5.73 Å². The molecule has 242 valence electrons. The minimum Gasteiger partial charge on any atom is -0.388 e. The third kappa shape index (κ3) is 27.3. The van der Waals surface area contributed by atoms with Gasteiger partial charge in [0.05, 0.1) is 72.0 Å². The van der Waals surface area contributed by atoms with Crippen molar-refractivity contribution in [3.63, 3.8) is 0 Å². The molecule has 5 unspecified atom stereocenters. The number of aliphatic hydroxyl groups excluding tert-OH is 3. The number of alkyl halides is 1. The highest BCUT2D eigenvalue weighted by molar-refractivity contribution is 4.69. The predicted octanol–water partition coefficient (Wildman–Crippen LogP) is 1.60. The van der Waals surface area contributed by atoms with Crippen molar-refractivity contribution in [2.24, 2.45) is 5.73 Å². The third-order valence-corrected chi connectivity index (χ3v) is 5.45. The molecule has 0 radical (unpaired) electrons. The second-order valence-corrected chi connectivity index (χ2v) is 10.1. The lowest BCUT2D eigenvalue weighted by Gasteiger charge is -2.26. The van der Waals surface area contributed by atoms with E-state index in [0.717, 1.165) is 0 Å². The van der Waals surface area contributed by atoms with E-state index in [1.165, 1.54) is 6.92 Å². The van der Waals surface area contributed by atoms with Crippen molar-refractivity contribution in [2.75, 3.05) is 79.3 Å². The number of hydrogen-bond donors (Lipinski definition) is 4. The van der Waals surface area contributed by atoms with Crippen molar-refractivity contribution in [1.82, 2.24) is 0 Å². The number of aliphatic hydroxyl groups is 3. The summed E-state index contributed by atoms with van der Waals surface area (Å²) in [4.78, 5) is 0. The van der Waals surface area contributed by atoms with Crippen LogP contribution in [0.2, 0.25) is 0 Å². The fourth-order valence-corrected chi connectivity index (χ4v) is 3.36. The van der Waals surface area contributed by atoms with Crippen LogP contribution in [-0.4, -0.2) is 124 Å². The van der Waals surface area contributed by atoms with Crippen LogP contribution in [0.5, 0.6) is 0 Å². The van der Waals surface area contributed by atoms with Gasteiger partial charge in [-0.15, -0.1) is 6.58 Å². The fourth-order valence-electron chi connectivity index (χ4n) is 3.36. The van der Waals surface area contributed by atoms with E-state index in [9.17, 15) is 19.7 Å². The molecule has 0 aromatic heterocycles. The van der Waals surface area contributed by atoms with Crippen molar-refractivity contribution in [3.8, 4) is 6.07 Å². The van der Waals surface area contributed by atoms with E-state index in [4.69, 9.17) is 44.2 Å². The summed E-state index contributed by atoms with van der Waals surface area (Å²) in [7, 11) is 0. The lowest BCUT2D eigenvalue weighted by atomic mass is 10.1. The molecule has 0 aliphatic heterocycles. The number of rotatable bonds is 30. The number of ether oxygens (including phenoxy) is 7. The van der Waals surface area contributed by atoms with Gasteiger partial charge >= 0.3 is 0 Å². The van der Waals surface area contributed by atoms with Gasteiger partial charge in [0.15, 0.2) is 0 Å². The third-order valence-electron chi connectivity index (χ3n) is 5.45. The number of halogens is 1. The summed E-state index contributed by atoms with van der Waals surface area (Å²) in [5, 5.41) is 37.7. The molecular formula is C28H53FN2O10. The molecule has 13 heteroatoms. The van der Waals surface area contributed by atoms with E-state index in [2.05, 4.69) is 6.58 Å². The highest BCUT2D eigenvalue weighted by Gasteiger charge is 2.24. The van der Waals surface area contributed by atoms with E-state index >= 15 is 0 Å². The molecule has 0 amide bonds. The minimum absolute atomic E-state index is 0.0148. The monoisotopic (exact) mass is 596 g/mol. The van der Waals surface area contributed by atoms with Gasteiger partial charge in [-0.1, -0.05) is 6.08 Å². The zero-order chi connectivity index (χ0) is 30.8. The van der Waals surface area contributed by atoms with Crippen molar-refractivity contribution in [1.29, 1.82) is 5.26 Å². The Morgan fingerprint density at radius 1 is 0.756 bits per heavy atom. The smallest absolute Gasteiger partial charge is 0.206 e. The quantitative estimate of drug-likeness (QED) is 0.0536. The first-order chi connectivity index (χ1) is 19.5. The molecule has 5 N–H and O–H groups in total. The molecule has 0 heterocycles. The van der Waals surface area contributed by atoms with Crippen LogP contribution in [0.15, 0.2) is 12.7 Å². The highest BCUT2D eigenvalue weighted by Crippen LogP contribution is 2.21. The maximum absolute atomic E-state index is 14.6. The van der Waals surface area contributed by atoms with Crippen LogP contribution in [-0.2, 0) is 33.2 Å². The lowest BCUT2D eigenvalue weighted by Crippen LogP contribution is -2.40. The van der Waals surface area contributed by atoms with Gasteiger partial charge in [-0.2, -0.15) is 5.26 Å². The van der Waals surface area contributed by atoms with E-state index in [0.29, 0.717) is 45.5 Å². The van der Waals surface area contributed by atoms with E-state index in [1.807, 2.05) is 6.07 Å². The van der Waals surface area contributed by atoms with Gasteiger partial charge in [0.1, 0.15) is 24.0 Å². The Morgan fingerprint density at radius 2 is 1.24 bits per heavy atom. The van der Waals surface area contributed by atoms with Gasteiger partial charge in [-0.05, 0) is 39.5 Å². The minimum atomic E-state index is -1.81. The number of nitrogens with zero attached hydrogens (tertiary/aromatic N) is 1. The average molecular weight is 597 g/mol. The lowest BCUT2D eigenvalue weighted by molar-refractivity contribution is -0.145. The Kier molecular flexibility index (Phi) is 24.5. The number of hydrogen-bond acceptors (Lipinski definition) is 12. The maximum Gasteiger partial charge on any atom is 0.206 e. The fraction of sp³-hybridized carbons (Fsp3) is 0.893. The van der Waals surface area contributed by atoms with Crippen molar-refractivity contribution >= 4 is 0 Å². The normalized spacial score (nSPS) is 16.8. The average Bonchev–Trinajstić information content (AvgIpc) is 2.91. The first-order valence-electron chi connectivity index (χ1n) is 14.2. The Labute approximate surface area is 244 Å². The molecule has 41 heavy (non-hydrogen) atoms.